The quantitative estimate of drug-likeness (QED) is 0.736. The lowest BCUT2D eigenvalue weighted by Crippen LogP contribution is -2.22. The number of ether oxygens (including phenoxy) is 1. The van der Waals surface area contributed by atoms with Crippen LogP contribution in [0.5, 0.6) is 5.75 Å². The van der Waals surface area contributed by atoms with Gasteiger partial charge in [-0.15, -0.1) is 0 Å². The number of benzene rings is 1. The fourth-order valence-electron chi connectivity index (χ4n) is 2.16. The Morgan fingerprint density at radius 3 is 2.91 bits per heavy atom. The molecule has 2 N–H and O–H groups in total. The molecule has 22 heavy (non-hydrogen) atoms. The molecule has 0 saturated carbocycles. The van der Waals surface area contributed by atoms with Crippen molar-refractivity contribution in [2.75, 3.05) is 13.2 Å². The minimum Gasteiger partial charge on any atom is -0.494 e. The van der Waals surface area contributed by atoms with Gasteiger partial charge in [0.05, 0.1) is 12.3 Å². The summed E-state index contributed by atoms with van der Waals surface area (Å²) >= 11 is 0. The van der Waals surface area contributed by atoms with E-state index in [4.69, 9.17) is 4.74 Å². The maximum Gasteiger partial charge on any atom is 0.268 e. The van der Waals surface area contributed by atoms with Gasteiger partial charge in [-0.2, -0.15) is 5.10 Å². The third-order valence-corrected chi connectivity index (χ3v) is 3.34. The highest BCUT2D eigenvalue weighted by atomic mass is 16.5. The van der Waals surface area contributed by atoms with Crippen LogP contribution in [0.25, 0.3) is 11.3 Å². The number of hydrogen-bond donors (Lipinski definition) is 2. The Hall–Kier alpha value is -2.14. The zero-order valence-corrected chi connectivity index (χ0v) is 13.2. The Morgan fingerprint density at radius 2 is 2.14 bits per heavy atom. The monoisotopic (exact) mass is 301 g/mol. The van der Waals surface area contributed by atoms with Crippen LogP contribution in [-0.4, -0.2) is 23.3 Å². The molecule has 0 amide bonds. The van der Waals surface area contributed by atoms with Gasteiger partial charge in [0.25, 0.3) is 5.56 Å². The molecule has 0 saturated heterocycles. The summed E-state index contributed by atoms with van der Waals surface area (Å²) in [6.07, 6.45) is 2.24. The summed E-state index contributed by atoms with van der Waals surface area (Å²) in [6, 6.07) is 9.55. The van der Waals surface area contributed by atoms with E-state index < -0.39 is 0 Å². The van der Waals surface area contributed by atoms with E-state index in [-0.39, 0.29) is 5.56 Å². The fraction of sp³-hybridized carbons (Fsp3) is 0.412. The molecule has 5 nitrogen and oxygen atoms in total. The second kappa shape index (κ2) is 8.34. The maximum atomic E-state index is 11.9. The topological polar surface area (TPSA) is 67.0 Å². The molecule has 0 bridgehead atoms. The summed E-state index contributed by atoms with van der Waals surface area (Å²) in [5.74, 6) is 0.802. The average molecular weight is 301 g/mol. The Bertz CT molecular complexity index is 652. The van der Waals surface area contributed by atoms with E-state index in [1.165, 1.54) is 0 Å². The van der Waals surface area contributed by atoms with Crippen molar-refractivity contribution >= 4 is 0 Å². The van der Waals surface area contributed by atoms with Crippen molar-refractivity contribution < 1.29 is 4.74 Å². The molecule has 0 atom stereocenters. The molecule has 0 unspecified atom stereocenters. The van der Waals surface area contributed by atoms with Crippen molar-refractivity contribution in [2.24, 2.45) is 0 Å². The minimum atomic E-state index is -0.145. The van der Waals surface area contributed by atoms with Crippen LogP contribution < -0.4 is 15.6 Å². The van der Waals surface area contributed by atoms with Crippen LogP contribution in [0.3, 0.4) is 0 Å². The second-order valence-corrected chi connectivity index (χ2v) is 5.10. The van der Waals surface area contributed by atoms with Gasteiger partial charge in [0, 0.05) is 17.7 Å². The molecule has 0 aliphatic heterocycles. The first-order valence-corrected chi connectivity index (χ1v) is 7.77. The molecule has 1 aromatic heterocycles. The number of aromatic nitrogens is 2. The number of aromatic amines is 1. The van der Waals surface area contributed by atoms with Crippen LogP contribution in [0.2, 0.25) is 0 Å². The Balaban J connectivity index is 2.17. The van der Waals surface area contributed by atoms with Crippen LogP contribution in [-0.2, 0) is 6.54 Å². The fourth-order valence-corrected chi connectivity index (χ4v) is 2.16. The lowest BCUT2D eigenvalue weighted by molar-refractivity contribution is 0.340. The minimum absolute atomic E-state index is 0.145. The van der Waals surface area contributed by atoms with Crippen LogP contribution in [0.4, 0.5) is 0 Å². The molecule has 2 aromatic rings. The van der Waals surface area contributed by atoms with Crippen molar-refractivity contribution in [2.45, 2.75) is 33.2 Å². The first-order valence-electron chi connectivity index (χ1n) is 7.77. The van der Waals surface area contributed by atoms with E-state index in [0.29, 0.717) is 18.7 Å². The van der Waals surface area contributed by atoms with Gasteiger partial charge >= 0.3 is 0 Å². The lowest BCUT2D eigenvalue weighted by Gasteiger charge is -2.07. The second-order valence-electron chi connectivity index (χ2n) is 5.10. The van der Waals surface area contributed by atoms with Gasteiger partial charge in [-0.25, -0.2) is 5.10 Å². The summed E-state index contributed by atoms with van der Waals surface area (Å²) in [5, 5.41) is 9.99. The molecule has 0 fully saturated rings. The summed E-state index contributed by atoms with van der Waals surface area (Å²) in [7, 11) is 0. The normalized spacial score (nSPS) is 10.6. The van der Waals surface area contributed by atoms with Crippen LogP contribution >= 0.6 is 0 Å². The van der Waals surface area contributed by atoms with Crippen LogP contribution in [0.15, 0.2) is 35.1 Å². The van der Waals surface area contributed by atoms with E-state index in [1.54, 1.807) is 0 Å². The van der Waals surface area contributed by atoms with E-state index in [0.717, 1.165) is 36.4 Å². The van der Waals surface area contributed by atoms with Gasteiger partial charge in [-0.1, -0.05) is 25.5 Å². The Labute approximate surface area is 130 Å². The van der Waals surface area contributed by atoms with Gasteiger partial charge in [-0.3, -0.25) is 4.79 Å². The van der Waals surface area contributed by atoms with Crippen molar-refractivity contribution in [3.05, 3.63) is 46.2 Å². The van der Waals surface area contributed by atoms with Gasteiger partial charge < -0.3 is 10.1 Å². The van der Waals surface area contributed by atoms with E-state index in [1.807, 2.05) is 37.3 Å². The number of rotatable bonds is 8. The highest BCUT2D eigenvalue weighted by Crippen LogP contribution is 2.21. The lowest BCUT2D eigenvalue weighted by atomic mass is 10.1. The number of H-pyrrole nitrogens is 1. The number of unbranched alkanes of at least 4 members (excludes halogenated alkanes) is 1. The average Bonchev–Trinajstić information content (AvgIpc) is 2.54. The number of nitrogens with one attached hydrogen (secondary N) is 2. The zero-order chi connectivity index (χ0) is 15.8. The predicted molar refractivity (Wildman–Crippen MR) is 88.1 cm³/mol. The number of hydrogen-bond acceptors (Lipinski definition) is 4. The summed E-state index contributed by atoms with van der Waals surface area (Å²) in [6.45, 7) is 6.17. The molecule has 5 heteroatoms. The number of nitrogens with zero attached hydrogens (tertiary/aromatic N) is 1. The zero-order valence-electron chi connectivity index (χ0n) is 13.2. The molecular formula is C17H23N3O2. The van der Waals surface area contributed by atoms with Crippen molar-refractivity contribution in [3.8, 4) is 17.0 Å². The van der Waals surface area contributed by atoms with Gasteiger partial charge in [0.15, 0.2) is 0 Å². The van der Waals surface area contributed by atoms with Gasteiger partial charge in [-0.05, 0) is 38.1 Å². The maximum absolute atomic E-state index is 11.9. The highest BCUT2D eigenvalue weighted by Gasteiger charge is 2.06. The van der Waals surface area contributed by atoms with Crippen molar-refractivity contribution in [1.29, 1.82) is 0 Å². The smallest absolute Gasteiger partial charge is 0.268 e. The Kier molecular flexibility index (Phi) is 6.15. The van der Waals surface area contributed by atoms with Gasteiger partial charge in [0.2, 0.25) is 0 Å². The van der Waals surface area contributed by atoms with Crippen molar-refractivity contribution in [1.82, 2.24) is 15.5 Å². The molecule has 0 aliphatic carbocycles. The molecule has 1 aromatic carbocycles. The van der Waals surface area contributed by atoms with E-state index >= 15 is 0 Å². The third kappa shape index (κ3) is 4.43. The molecule has 0 aliphatic rings. The molecule has 0 radical (unpaired) electrons. The highest BCUT2D eigenvalue weighted by molar-refractivity contribution is 5.61. The summed E-state index contributed by atoms with van der Waals surface area (Å²) in [5.41, 5.74) is 2.22. The van der Waals surface area contributed by atoms with Crippen molar-refractivity contribution in [3.63, 3.8) is 0 Å². The summed E-state index contributed by atoms with van der Waals surface area (Å²) < 4.78 is 5.50. The predicted octanol–water partition coefficient (Wildman–Crippen LogP) is 2.73. The summed E-state index contributed by atoms with van der Waals surface area (Å²) in [4.78, 5) is 11.9. The van der Waals surface area contributed by atoms with E-state index in [2.05, 4.69) is 22.4 Å². The standard InChI is InChI=1S/C17H23N3O2/c1-3-5-9-18-12-14-11-16(19-20-17(14)21)13-7-6-8-15(10-13)22-4-2/h6-8,10-11,18H,3-5,9,12H2,1-2H3,(H,20,21). The largest absolute Gasteiger partial charge is 0.494 e. The molecule has 1 heterocycles. The third-order valence-electron chi connectivity index (χ3n) is 3.34. The molecule has 0 spiro atoms. The first kappa shape index (κ1) is 16.2. The van der Waals surface area contributed by atoms with E-state index in [9.17, 15) is 4.79 Å². The molecule has 118 valence electrons. The molecule has 2 rings (SSSR count). The Morgan fingerprint density at radius 1 is 1.27 bits per heavy atom. The first-order chi connectivity index (χ1) is 10.7. The SMILES string of the molecule is CCCCNCc1cc(-c2cccc(OCC)c2)n[nH]c1=O. The molecular weight excluding hydrogens is 278 g/mol. The van der Waals surface area contributed by atoms with Gasteiger partial charge in [0.1, 0.15) is 5.75 Å². The van der Waals surface area contributed by atoms with Crippen LogP contribution in [0.1, 0.15) is 32.3 Å². The van der Waals surface area contributed by atoms with Crippen LogP contribution in [0, 0.1) is 0 Å².